The fourth-order valence-electron chi connectivity index (χ4n) is 7.16. The van der Waals surface area contributed by atoms with Crippen LogP contribution in [0.2, 0.25) is 0 Å². The first-order valence-corrected chi connectivity index (χ1v) is 17.4. The molecular weight excluding hydrogens is 686 g/mol. The van der Waals surface area contributed by atoms with E-state index in [1.54, 1.807) is 19.9 Å². The van der Waals surface area contributed by atoms with Crippen LogP contribution in [0.3, 0.4) is 0 Å². The molecule has 2 N–H and O–H groups in total. The minimum atomic E-state index is -2.02. The molecule has 3 aromatic carbocycles. The maximum Gasteiger partial charge on any atom is 0.350 e. The van der Waals surface area contributed by atoms with E-state index in [0.29, 0.717) is 42.2 Å². The molecular formula is C37H40F2N10O4. The van der Waals surface area contributed by atoms with Crippen molar-refractivity contribution in [3.63, 3.8) is 0 Å². The number of aliphatic hydroxyl groups is 2. The highest BCUT2D eigenvalue weighted by Crippen LogP contribution is 2.36. The summed E-state index contributed by atoms with van der Waals surface area (Å²) in [5.41, 5.74) is 0.127. The first kappa shape index (κ1) is 35.7. The van der Waals surface area contributed by atoms with Crippen molar-refractivity contribution in [2.24, 2.45) is 0 Å². The van der Waals surface area contributed by atoms with Gasteiger partial charge in [0.25, 0.3) is 5.56 Å². The summed E-state index contributed by atoms with van der Waals surface area (Å²) in [6.07, 6.45) is 5.33. The Hall–Kier alpha value is -5.74. The number of nitrogens with zero attached hydrogens (tertiary/aromatic N) is 10. The average Bonchev–Trinajstić information content (AvgIpc) is 3.81. The van der Waals surface area contributed by atoms with Crippen molar-refractivity contribution >= 4 is 22.3 Å². The third-order valence-electron chi connectivity index (χ3n) is 10.3. The molecule has 276 valence electrons. The van der Waals surface area contributed by atoms with Crippen LogP contribution in [0.1, 0.15) is 44.8 Å². The predicted octanol–water partition coefficient (Wildman–Crippen LogP) is 3.42. The Bertz CT molecular complexity index is 2330. The lowest BCUT2D eigenvalue weighted by Crippen LogP contribution is -2.46. The van der Waals surface area contributed by atoms with Gasteiger partial charge in [-0.25, -0.2) is 37.5 Å². The molecule has 14 nitrogen and oxygen atoms in total. The van der Waals surface area contributed by atoms with Crippen molar-refractivity contribution in [1.82, 2.24) is 38.7 Å². The predicted molar refractivity (Wildman–Crippen MR) is 194 cm³/mol. The van der Waals surface area contributed by atoms with E-state index in [1.807, 2.05) is 43.3 Å². The van der Waals surface area contributed by atoms with Gasteiger partial charge in [0.2, 0.25) is 0 Å². The van der Waals surface area contributed by atoms with Gasteiger partial charge in [-0.05, 0) is 68.8 Å². The molecule has 1 fully saturated rings. The molecule has 0 amide bonds. The van der Waals surface area contributed by atoms with E-state index in [4.69, 9.17) is 0 Å². The first-order chi connectivity index (χ1) is 25.5. The van der Waals surface area contributed by atoms with Crippen molar-refractivity contribution in [3.05, 3.63) is 124 Å². The average molecular weight is 727 g/mol. The molecule has 53 heavy (non-hydrogen) atoms. The molecule has 1 saturated heterocycles. The van der Waals surface area contributed by atoms with Crippen LogP contribution in [0.25, 0.3) is 16.6 Å². The summed E-state index contributed by atoms with van der Waals surface area (Å²) in [4.78, 5) is 39.8. The molecule has 7 rings (SSSR count). The fraction of sp³-hybridized carbons (Fsp3) is 0.351. The van der Waals surface area contributed by atoms with Crippen LogP contribution in [-0.2, 0) is 12.1 Å². The van der Waals surface area contributed by atoms with Gasteiger partial charge in [-0.1, -0.05) is 13.0 Å². The zero-order valence-electron chi connectivity index (χ0n) is 29.5. The standard InChI is InChI=1S/C37H40F2N10O4/c1-4-34(24(2)50)49-36(52)48(23-43-49)28-8-6-27(7-9-28)44-13-15-45(16-14-44)29-10-11-30-33(18-29)41-22-47(35(30)51)25(3)37(53,19-46-21-40-20-42-46)31-12-5-26(38)17-32(31)39/h5-12,17-18,20-25,34,50,53H,4,13-16,19H2,1-3H3/t24-,25+,34-,37+/m0/s1. The molecule has 4 heterocycles. The Morgan fingerprint density at radius 1 is 0.849 bits per heavy atom. The SMILES string of the molecule is CC[C@@H]([C@H](C)O)n1ncn(-c2ccc(N3CCN(c4ccc5c(=O)n([C@H](C)[C@](O)(Cn6cncn6)c6ccc(F)cc6F)cnc5c4)CC3)cc2)c1=O. The van der Waals surface area contributed by atoms with Crippen molar-refractivity contribution in [2.45, 2.75) is 57.5 Å². The second-order valence-electron chi connectivity index (χ2n) is 13.4. The molecule has 3 aromatic heterocycles. The van der Waals surface area contributed by atoms with Crippen LogP contribution in [0.4, 0.5) is 20.2 Å². The zero-order valence-corrected chi connectivity index (χ0v) is 29.5. The van der Waals surface area contributed by atoms with E-state index in [-0.39, 0.29) is 17.8 Å². The number of piperazine rings is 1. The van der Waals surface area contributed by atoms with Gasteiger partial charge in [0.15, 0.2) is 0 Å². The number of anilines is 2. The van der Waals surface area contributed by atoms with Crippen LogP contribution in [0, 0.1) is 11.6 Å². The molecule has 0 bridgehead atoms. The molecule has 1 aliphatic rings. The minimum Gasteiger partial charge on any atom is -0.391 e. The smallest absolute Gasteiger partial charge is 0.350 e. The van der Waals surface area contributed by atoms with Gasteiger partial charge in [0, 0.05) is 49.2 Å². The normalized spacial score (nSPS) is 16.4. The van der Waals surface area contributed by atoms with Gasteiger partial charge < -0.3 is 20.0 Å². The second kappa shape index (κ2) is 14.4. The Balaban J connectivity index is 1.06. The zero-order chi connectivity index (χ0) is 37.4. The number of aromatic nitrogens is 8. The van der Waals surface area contributed by atoms with E-state index in [9.17, 15) is 24.2 Å². The van der Waals surface area contributed by atoms with Crippen molar-refractivity contribution in [3.8, 4) is 5.69 Å². The van der Waals surface area contributed by atoms with Crippen molar-refractivity contribution < 1.29 is 19.0 Å². The highest BCUT2D eigenvalue weighted by Gasteiger charge is 2.41. The number of hydrogen-bond acceptors (Lipinski definition) is 10. The van der Waals surface area contributed by atoms with Crippen LogP contribution >= 0.6 is 0 Å². The molecule has 1 aliphatic heterocycles. The Kier molecular flexibility index (Phi) is 9.65. The Morgan fingerprint density at radius 2 is 1.53 bits per heavy atom. The maximum atomic E-state index is 15.1. The van der Waals surface area contributed by atoms with Gasteiger partial charge in [-0.2, -0.15) is 10.2 Å². The summed E-state index contributed by atoms with van der Waals surface area (Å²) in [6.45, 7) is 7.77. The van der Waals surface area contributed by atoms with E-state index < -0.39 is 41.0 Å². The summed E-state index contributed by atoms with van der Waals surface area (Å²) in [7, 11) is 0. The van der Waals surface area contributed by atoms with Gasteiger partial charge in [-0.15, -0.1) is 0 Å². The molecule has 0 unspecified atom stereocenters. The highest BCUT2D eigenvalue weighted by molar-refractivity contribution is 5.81. The van der Waals surface area contributed by atoms with E-state index >= 15 is 4.39 Å². The lowest BCUT2D eigenvalue weighted by atomic mass is 9.86. The molecule has 4 atom stereocenters. The molecule has 0 saturated carbocycles. The molecule has 0 radical (unpaired) electrons. The van der Waals surface area contributed by atoms with Gasteiger partial charge >= 0.3 is 5.69 Å². The van der Waals surface area contributed by atoms with E-state index in [1.165, 1.54) is 49.9 Å². The van der Waals surface area contributed by atoms with Gasteiger partial charge in [0.05, 0.1) is 47.7 Å². The van der Waals surface area contributed by atoms with Crippen molar-refractivity contribution in [2.75, 3.05) is 36.0 Å². The lowest BCUT2D eigenvalue weighted by Gasteiger charge is -2.37. The highest BCUT2D eigenvalue weighted by atomic mass is 19.1. The monoisotopic (exact) mass is 726 g/mol. The Labute approximate surface area is 302 Å². The largest absolute Gasteiger partial charge is 0.391 e. The summed E-state index contributed by atoms with van der Waals surface area (Å²) in [6, 6.07) is 14.6. The molecule has 16 heteroatoms. The van der Waals surface area contributed by atoms with Crippen LogP contribution in [-0.4, -0.2) is 81.2 Å². The number of fused-ring (bicyclic) bond motifs is 1. The van der Waals surface area contributed by atoms with Crippen molar-refractivity contribution in [1.29, 1.82) is 0 Å². The molecule has 6 aromatic rings. The molecule has 0 spiro atoms. The number of aliphatic hydroxyl groups excluding tert-OH is 1. The summed E-state index contributed by atoms with van der Waals surface area (Å²) < 4.78 is 34.3. The van der Waals surface area contributed by atoms with Crippen LogP contribution < -0.4 is 21.0 Å². The second-order valence-corrected chi connectivity index (χ2v) is 13.4. The van der Waals surface area contributed by atoms with Gasteiger partial charge in [0.1, 0.15) is 36.2 Å². The number of halogens is 2. The summed E-state index contributed by atoms with van der Waals surface area (Å²) in [5, 5.41) is 30.7. The quantitative estimate of drug-likeness (QED) is 0.203. The van der Waals surface area contributed by atoms with Crippen LogP contribution in [0.15, 0.2) is 95.6 Å². The summed E-state index contributed by atoms with van der Waals surface area (Å²) in [5.74, 6) is -1.75. The van der Waals surface area contributed by atoms with Gasteiger partial charge in [-0.3, -0.25) is 9.36 Å². The maximum absolute atomic E-state index is 15.1. The summed E-state index contributed by atoms with van der Waals surface area (Å²) >= 11 is 0. The van der Waals surface area contributed by atoms with Crippen LogP contribution in [0.5, 0.6) is 0 Å². The number of benzene rings is 3. The minimum absolute atomic E-state index is 0.194. The fourth-order valence-corrected chi connectivity index (χ4v) is 7.16. The van der Waals surface area contributed by atoms with E-state index in [2.05, 4.69) is 30.0 Å². The molecule has 0 aliphatic carbocycles. The number of hydrogen-bond donors (Lipinski definition) is 2. The lowest BCUT2D eigenvalue weighted by molar-refractivity contribution is -0.0343. The number of rotatable bonds is 11. The Morgan fingerprint density at radius 3 is 2.17 bits per heavy atom. The third-order valence-corrected chi connectivity index (χ3v) is 10.3. The first-order valence-electron chi connectivity index (χ1n) is 17.4. The van der Waals surface area contributed by atoms with E-state index in [0.717, 1.165) is 30.5 Å². The topological polar surface area (TPSA) is 152 Å². The third kappa shape index (κ3) is 6.70.